The molecule has 3 rings (SSSR count). The van der Waals surface area contributed by atoms with Crippen molar-refractivity contribution in [2.24, 2.45) is 5.41 Å². The van der Waals surface area contributed by atoms with Gasteiger partial charge in [-0.05, 0) is 50.8 Å². The van der Waals surface area contributed by atoms with Gasteiger partial charge in [-0.3, -0.25) is 9.69 Å². The molecule has 23 heavy (non-hydrogen) atoms. The normalized spacial score (nSPS) is 30.9. The molecule has 1 aromatic carbocycles. The molecule has 0 radical (unpaired) electrons. The summed E-state index contributed by atoms with van der Waals surface area (Å²) >= 11 is 0. The Morgan fingerprint density at radius 3 is 2.39 bits per heavy atom. The number of benzene rings is 1. The lowest BCUT2D eigenvalue weighted by atomic mass is 9.67. The number of rotatable bonds is 3. The highest BCUT2D eigenvalue weighted by Gasteiger charge is 2.49. The van der Waals surface area contributed by atoms with Crippen LogP contribution in [0.3, 0.4) is 0 Å². The Kier molecular flexibility index (Phi) is 4.16. The fourth-order valence-electron chi connectivity index (χ4n) is 4.12. The van der Waals surface area contributed by atoms with Crippen LogP contribution < -0.4 is 0 Å². The number of carbonyl (C=O) groups is 1. The van der Waals surface area contributed by atoms with Crippen LogP contribution in [-0.2, 0) is 11.3 Å². The summed E-state index contributed by atoms with van der Waals surface area (Å²) in [6.45, 7) is 1.55. The van der Waals surface area contributed by atoms with Gasteiger partial charge in [0.2, 0.25) is 5.91 Å². The van der Waals surface area contributed by atoms with Crippen molar-refractivity contribution in [1.29, 1.82) is 5.26 Å². The number of amides is 1. The fourth-order valence-corrected chi connectivity index (χ4v) is 4.12. The van der Waals surface area contributed by atoms with E-state index in [1.54, 1.807) is 0 Å². The zero-order chi connectivity index (χ0) is 16.5. The Hall–Kier alpha value is -1.86. The van der Waals surface area contributed by atoms with Gasteiger partial charge in [-0.25, -0.2) is 0 Å². The van der Waals surface area contributed by atoms with Crippen molar-refractivity contribution in [2.45, 2.75) is 44.2 Å². The Labute approximate surface area is 138 Å². The molecular weight excluding hydrogens is 286 g/mol. The van der Waals surface area contributed by atoms with Gasteiger partial charge in [-0.2, -0.15) is 5.26 Å². The molecule has 1 saturated heterocycles. The van der Waals surface area contributed by atoms with Crippen LogP contribution in [0.25, 0.3) is 0 Å². The van der Waals surface area contributed by atoms with Crippen molar-refractivity contribution >= 4 is 5.91 Å². The quantitative estimate of drug-likeness (QED) is 0.862. The first-order valence-corrected chi connectivity index (χ1v) is 8.39. The molecule has 1 amide bonds. The number of hydrogen-bond acceptors (Lipinski definition) is 3. The first-order chi connectivity index (χ1) is 11.0. The van der Waals surface area contributed by atoms with Crippen LogP contribution in [0.2, 0.25) is 0 Å². The Morgan fingerprint density at radius 2 is 1.83 bits per heavy atom. The smallest absolute Gasteiger partial charge is 0.223 e. The number of nitriles is 1. The molecule has 1 aliphatic carbocycles. The molecule has 1 spiro atoms. The van der Waals surface area contributed by atoms with Crippen molar-refractivity contribution in [1.82, 2.24) is 9.80 Å². The van der Waals surface area contributed by atoms with Gasteiger partial charge in [0.05, 0.1) is 6.07 Å². The van der Waals surface area contributed by atoms with E-state index in [0.29, 0.717) is 13.0 Å². The molecule has 4 heteroatoms. The second-order valence-electron chi connectivity index (χ2n) is 7.45. The molecule has 0 atom stereocenters. The van der Waals surface area contributed by atoms with Crippen LogP contribution in [-0.4, -0.2) is 41.9 Å². The van der Waals surface area contributed by atoms with Crippen molar-refractivity contribution < 1.29 is 4.79 Å². The third kappa shape index (κ3) is 2.98. The van der Waals surface area contributed by atoms with Gasteiger partial charge in [-0.1, -0.05) is 30.3 Å². The van der Waals surface area contributed by atoms with Gasteiger partial charge in [0.25, 0.3) is 0 Å². The summed E-state index contributed by atoms with van der Waals surface area (Å²) in [5.41, 5.74) is 0.928. The van der Waals surface area contributed by atoms with E-state index in [1.165, 1.54) is 5.56 Å². The highest BCUT2D eigenvalue weighted by molar-refractivity contribution is 5.79. The lowest BCUT2D eigenvalue weighted by Gasteiger charge is -2.44. The predicted molar refractivity (Wildman–Crippen MR) is 89.4 cm³/mol. The van der Waals surface area contributed by atoms with E-state index < -0.39 is 0 Å². The maximum absolute atomic E-state index is 12.5. The molecule has 2 aliphatic rings. The topological polar surface area (TPSA) is 47.3 Å². The van der Waals surface area contributed by atoms with Crippen LogP contribution in [0, 0.1) is 16.7 Å². The maximum atomic E-state index is 12.5. The van der Waals surface area contributed by atoms with E-state index in [4.69, 9.17) is 0 Å². The molecule has 1 aliphatic heterocycles. The summed E-state index contributed by atoms with van der Waals surface area (Å²) in [7, 11) is 3.98. The van der Waals surface area contributed by atoms with Gasteiger partial charge < -0.3 is 4.90 Å². The lowest BCUT2D eigenvalue weighted by Crippen LogP contribution is -2.48. The molecule has 1 aromatic rings. The van der Waals surface area contributed by atoms with E-state index in [9.17, 15) is 10.1 Å². The van der Waals surface area contributed by atoms with E-state index in [1.807, 2.05) is 37.2 Å². The van der Waals surface area contributed by atoms with E-state index in [-0.39, 0.29) is 16.9 Å². The van der Waals surface area contributed by atoms with Gasteiger partial charge in [-0.15, -0.1) is 0 Å². The van der Waals surface area contributed by atoms with Crippen LogP contribution in [0.4, 0.5) is 0 Å². The van der Waals surface area contributed by atoms with Gasteiger partial charge in [0, 0.05) is 19.5 Å². The van der Waals surface area contributed by atoms with Crippen LogP contribution in [0.1, 0.15) is 37.7 Å². The number of nitrogens with zero attached hydrogens (tertiary/aromatic N) is 3. The molecule has 4 nitrogen and oxygen atoms in total. The Bertz CT molecular complexity index is 609. The first-order valence-electron chi connectivity index (χ1n) is 8.39. The monoisotopic (exact) mass is 311 g/mol. The van der Waals surface area contributed by atoms with Gasteiger partial charge >= 0.3 is 0 Å². The molecule has 0 unspecified atom stereocenters. The average molecular weight is 311 g/mol. The summed E-state index contributed by atoms with van der Waals surface area (Å²) in [6, 6.07) is 12.7. The van der Waals surface area contributed by atoms with Gasteiger partial charge in [0.1, 0.15) is 5.54 Å². The molecule has 1 heterocycles. The lowest BCUT2D eigenvalue weighted by molar-refractivity contribution is -0.128. The molecule has 0 bridgehead atoms. The van der Waals surface area contributed by atoms with Crippen molar-refractivity contribution in [3.05, 3.63) is 35.9 Å². The number of hydrogen-bond donors (Lipinski definition) is 0. The molecule has 0 aromatic heterocycles. The summed E-state index contributed by atoms with van der Waals surface area (Å²) < 4.78 is 0. The summed E-state index contributed by atoms with van der Waals surface area (Å²) in [4.78, 5) is 16.5. The fraction of sp³-hybridized carbons (Fsp3) is 0.579. The molecule has 2 fully saturated rings. The largest absolute Gasteiger partial charge is 0.338 e. The second kappa shape index (κ2) is 5.98. The average Bonchev–Trinajstić information content (AvgIpc) is 2.85. The summed E-state index contributed by atoms with van der Waals surface area (Å²) in [5.74, 6) is 0.267. The molecule has 0 N–H and O–H groups in total. The SMILES string of the molecule is CN(C)C1(C#N)CCC2(CC1)CC(=O)N(Cc1ccccc1)C2. The number of carbonyl (C=O) groups excluding carboxylic acids is 1. The zero-order valence-electron chi connectivity index (χ0n) is 14.1. The second-order valence-corrected chi connectivity index (χ2v) is 7.45. The number of likely N-dealkylation sites (tertiary alicyclic amines) is 1. The van der Waals surface area contributed by atoms with E-state index in [0.717, 1.165) is 32.2 Å². The molecule has 122 valence electrons. The summed E-state index contributed by atoms with van der Waals surface area (Å²) in [6.07, 6.45) is 4.31. The van der Waals surface area contributed by atoms with E-state index >= 15 is 0 Å². The zero-order valence-corrected chi connectivity index (χ0v) is 14.1. The van der Waals surface area contributed by atoms with Crippen molar-refractivity contribution in [3.63, 3.8) is 0 Å². The minimum atomic E-state index is -0.346. The van der Waals surface area contributed by atoms with Crippen LogP contribution in [0.5, 0.6) is 0 Å². The highest BCUT2D eigenvalue weighted by atomic mass is 16.2. The third-order valence-electron chi connectivity index (χ3n) is 5.82. The van der Waals surface area contributed by atoms with Crippen LogP contribution in [0.15, 0.2) is 30.3 Å². The molecular formula is C19H25N3O. The van der Waals surface area contributed by atoms with Crippen molar-refractivity contribution in [3.8, 4) is 6.07 Å². The van der Waals surface area contributed by atoms with Crippen molar-refractivity contribution in [2.75, 3.05) is 20.6 Å². The third-order valence-corrected chi connectivity index (χ3v) is 5.82. The minimum absolute atomic E-state index is 0.0855. The Balaban J connectivity index is 1.67. The molecule has 1 saturated carbocycles. The van der Waals surface area contributed by atoms with Gasteiger partial charge in [0.15, 0.2) is 0 Å². The standard InChI is InChI=1S/C19H25N3O/c1-21(2)19(14-20)10-8-18(9-11-19)12-17(23)22(15-18)13-16-6-4-3-5-7-16/h3-7H,8-13,15H2,1-2H3. The first kappa shape index (κ1) is 16.0. The predicted octanol–water partition coefficient (Wildman–Crippen LogP) is 2.80. The van der Waals surface area contributed by atoms with E-state index in [2.05, 4.69) is 23.1 Å². The Morgan fingerprint density at radius 1 is 1.17 bits per heavy atom. The maximum Gasteiger partial charge on any atom is 0.223 e. The minimum Gasteiger partial charge on any atom is -0.338 e. The highest BCUT2D eigenvalue weighted by Crippen LogP contribution is 2.48. The summed E-state index contributed by atoms with van der Waals surface area (Å²) in [5, 5.41) is 9.57. The van der Waals surface area contributed by atoms with Crippen LogP contribution >= 0.6 is 0 Å².